The maximum atomic E-state index is 12.5. The number of carbonyl (C=O) groups excluding carboxylic acids is 1. The highest BCUT2D eigenvalue weighted by Gasteiger charge is 2.44. The number of carboxylic acids is 1. The maximum Gasteiger partial charge on any atom is 0.412 e. The van der Waals surface area contributed by atoms with Crippen molar-refractivity contribution in [3.8, 4) is 0 Å². The molecular formula is C15H17Cl2NO4S. The van der Waals surface area contributed by atoms with Gasteiger partial charge in [-0.3, -0.25) is 4.90 Å². The third-order valence-corrected chi connectivity index (χ3v) is 4.82. The Bertz CT molecular complexity index is 612. The van der Waals surface area contributed by atoms with E-state index in [9.17, 15) is 14.7 Å². The van der Waals surface area contributed by atoms with Gasteiger partial charge in [0.15, 0.2) is 0 Å². The predicted molar refractivity (Wildman–Crippen MR) is 91.2 cm³/mol. The van der Waals surface area contributed by atoms with Crippen LogP contribution in [0.4, 0.5) is 4.79 Å². The molecule has 1 aromatic rings. The number of benzene rings is 1. The molecule has 1 aliphatic heterocycles. The van der Waals surface area contributed by atoms with Crippen LogP contribution in [0.5, 0.6) is 0 Å². The normalized spacial score (nSPS) is 21.3. The number of carboxylic acid groups (broad SMARTS) is 1. The number of carbonyl (C=O) groups is 2. The summed E-state index contributed by atoms with van der Waals surface area (Å²) in [5.74, 6) is -0.803. The number of hydrogen-bond acceptors (Lipinski definition) is 4. The number of hydrogen-bond donors (Lipinski definition) is 1. The monoisotopic (exact) mass is 377 g/mol. The molecule has 0 aliphatic carbocycles. The molecule has 23 heavy (non-hydrogen) atoms. The van der Waals surface area contributed by atoms with E-state index < -0.39 is 29.1 Å². The third-order valence-electron chi connectivity index (χ3n) is 3.06. The SMILES string of the molecule is CC(C)(C)OC(=O)N1[C@@H](C(=O)O)CS[C@H]1c1cc(Cl)cc(Cl)c1. The van der Waals surface area contributed by atoms with E-state index in [0.29, 0.717) is 15.6 Å². The Balaban J connectivity index is 2.37. The van der Waals surface area contributed by atoms with Crippen molar-refractivity contribution in [2.75, 3.05) is 5.75 Å². The zero-order chi connectivity index (χ0) is 17.4. The van der Waals surface area contributed by atoms with E-state index in [2.05, 4.69) is 0 Å². The van der Waals surface area contributed by atoms with Crippen molar-refractivity contribution >= 4 is 47.0 Å². The Morgan fingerprint density at radius 3 is 2.30 bits per heavy atom. The van der Waals surface area contributed by atoms with Crippen LogP contribution in [0, 0.1) is 0 Å². The van der Waals surface area contributed by atoms with Gasteiger partial charge in [0.05, 0.1) is 0 Å². The first-order valence-electron chi connectivity index (χ1n) is 6.90. The summed E-state index contributed by atoms with van der Waals surface area (Å²) in [6, 6.07) is 3.97. The third kappa shape index (κ3) is 4.46. The average Bonchev–Trinajstić information content (AvgIpc) is 2.80. The highest BCUT2D eigenvalue weighted by molar-refractivity contribution is 7.99. The second-order valence-corrected chi connectivity index (χ2v) is 8.12. The summed E-state index contributed by atoms with van der Waals surface area (Å²) >= 11 is 13.4. The molecule has 2 atom stereocenters. The second-order valence-electron chi connectivity index (χ2n) is 6.13. The summed E-state index contributed by atoms with van der Waals surface area (Å²) in [6.07, 6.45) is -0.670. The molecule has 1 aromatic carbocycles. The van der Waals surface area contributed by atoms with Crippen LogP contribution < -0.4 is 0 Å². The van der Waals surface area contributed by atoms with Gasteiger partial charge in [0.2, 0.25) is 0 Å². The predicted octanol–water partition coefficient (Wildman–Crippen LogP) is 4.43. The lowest BCUT2D eigenvalue weighted by molar-refractivity contribution is -0.142. The molecule has 2 rings (SSSR count). The Hall–Kier alpha value is -1.11. The summed E-state index contributed by atoms with van der Waals surface area (Å²) in [4.78, 5) is 25.2. The van der Waals surface area contributed by atoms with Crippen LogP contribution in [0.2, 0.25) is 10.0 Å². The van der Waals surface area contributed by atoms with Gasteiger partial charge >= 0.3 is 12.1 Å². The lowest BCUT2D eigenvalue weighted by Gasteiger charge is -2.30. The number of nitrogens with zero attached hydrogens (tertiary/aromatic N) is 1. The van der Waals surface area contributed by atoms with Crippen molar-refractivity contribution in [3.63, 3.8) is 0 Å². The minimum Gasteiger partial charge on any atom is -0.480 e. The van der Waals surface area contributed by atoms with Gasteiger partial charge in [0.1, 0.15) is 17.0 Å². The summed E-state index contributed by atoms with van der Waals surface area (Å²) in [5.41, 5.74) is -0.0497. The van der Waals surface area contributed by atoms with Gasteiger partial charge in [-0.25, -0.2) is 9.59 Å². The average molecular weight is 378 g/mol. The first kappa shape index (κ1) is 18.2. The molecule has 0 unspecified atom stereocenters. The van der Waals surface area contributed by atoms with E-state index in [1.807, 2.05) is 0 Å². The van der Waals surface area contributed by atoms with Crippen LogP contribution in [0.3, 0.4) is 0 Å². The second kappa shape index (κ2) is 6.79. The first-order valence-corrected chi connectivity index (χ1v) is 8.70. The van der Waals surface area contributed by atoms with Crippen LogP contribution in [-0.2, 0) is 9.53 Å². The molecule has 0 bridgehead atoms. The lowest BCUT2D eigenvalue weighted by atomic mass is 10.1. The first-order chi connectivity index (χ1) is 10.6. The van der Waals surface area contributed by atoms with Gasteiger partial charge in [-0.1, -0.05) is 23.2 Å². The van der Waals surface area contributed by atoms with Crippen molar-refractivity contribution < 1.29 is 19.4 Å². The van der Waals surface area contributed by atoms with Crippen molar-refractivity contribution in [2.24, 2.45) is 0 Å². The van der Waals surface area contributed by atoms with E-state index in [1.54, 1.807) is 39.0 Å². The molecule has 1 heterocycles. The number of rotatable bonds is 2. The smallest absolute Gasteiger partial charge is 0.412 e. The van der Waals surface area contributed by atoms with Gasteiger partial charge in [-0.2, -0.15) is 0 Å². The van der Waals surface area contributed by atoms with E-state index >= 15 is 0 Å². The molecule has 8 heteroatoms. The zero-order valence-electron chi connectivity index (χ0n) is 12.9. The van der Waals surface area contributed by atoms with Gasteiger partial charge in [0, 0.05) is 15.8 Å². The molecule has 0 spiro atoms. The minimum absolute atomic E-state index is 0.267. The molecule has 0 aromatic heterocycles. The quantitative estimate of drug-likeness (QED) is 0.825. The largest absolute Gasteiger partial charge is 0.480 e. The summed E-state index contributed by atoms with van der Waals surface area (Å²) in [6.45, 7) is 5.19. The molecule has 0 saturated carbocycles. The number of thioether (sulfide) groups is 1. The standard InChI is InChI=1S/C15H17Cl2NO4S/c1-15(2,3)22-14(21)18-11(13(19)20)7-23-12(18)8-4-9(16)6-10(17)5-8/h4-6,11-12H,7H2,1-3H3,(H,19,20)/t11-,12+/m1/s1. The Morgan fingerprint density at radius 1 is 1.26 bits per heavy atom. The van der Waals surface area contributed by atoms with E-state index in [4.69, 9.17) is 27.9 Å². The van der Waals surface area contributed by atoms with E-state index in [1.165, 1.54) is 16.7 Å². The van der Waals surface area contributed by atoms with Gasteiger partial charge < -0.3 is 9.84 Å². The summed E-state index contributed by atoms with van der Waals surface area (Å²) in [7, 11) is 0. The highest BCUT2D eigenvalue weighted by Crippen LogP contribution is 2.43. The van der Waals surface area contributed by atoms with Crippen LogP contribution in [-0.4, -0.2) is 39.5 Å². The highest BCUT2D eigenvalue weighted by atomic mass is 35.5. The Labute approximate surface area is 148 Å². The number of amides is 1. The molecule has 5 nitrogen and oxygen atoms in total. The summed E-state index contributed by atoms with van der Waals surface area (Å²) in [5, 5.41) is 9.73. The van der Waals surface area contributed by atoms with Crippen molar-refractivity contribution in [3.05, 3.63) is 33.8 Å². The molecule has 1 N–H and O–H groups in total. The van der Waals surface area contributed by atoms with Crippen molar-refractivity contribution in [2.45, 2.75) is 37.8 Å². The molecular weight excluding hydrogens is 361 g/mol. The topological polar surface area (TPSA) is 66.8 Å². The van der Waals surface area contributed by atoms with Crippen molar-refractivity contribution in [1.29, 1.82) is 0 Å². The van der Waals surface area contributed by atoms with E-state index in [-0.39, 0.29) is 5.75 Å². The van der Waals surface area contributed by atoms with Gasteiger partial charge in [0.25, 0.3) is 0 Å². The molecule has 1 saturated heterocycles. The van der Waals surface area contributed by atoms with Crippen LogP contribution >= 0.6 is 35.0 Å². The van der Waals surface area contributed by atoms with Crippen LogP contribution in [0.1, 0.15) is 31.7 Å². The fourth-order valence-corrected chi connectivity index (χ4v) is 4.14. The number of halogens is 2. The molecule has 1 aliphatic rings. The molecule has 1 fully saturated rings. The molecule has 1 amide bonds. The minimum atomic E-state index is -1.07. The Kier molecular flexibility index (Phi) is 5.38. The fourth-order valence-electron chi connectivity index (χ4n) is 2.21. The zero-order valence-corrected chi connectivity index (χ0v) is 15.2. The van der Waals surface area contributed by atoms with Crippen LogP contribution in [0.25, 0.3) is 0 Å². The van der Waals surface area contributed by atoms with Gasteiger partial charge in [-0.15, -0.1) is 11.8 Å². The van der Waals surface area contributed by atoms with Crippen LogP contribution in [0.15, 0.2) is 18.2 Å². The maximum absolute atomic E-state index is 12.5. The van der Waals surface area contributed by atoms with E-state index in [0.717, 1.165) is 0 Å². The fraction of sp³-hybridized carbons (Fsp3) is 0.467. The Morgan fingerprint density at radius 2 is 1.83 bits per heavy atom. The number of ether oxygens (including phenoxy) is 1. The summed E-state index contributed by atoms with van der Waals surface area (Å²) < 4.78 is 5.36. The van der Waals surface area contributed by atoms with Gasteiger partial charge in [-0.05, 0) is 44.5 Å². The lowest BCUT2D eigenvalue weighted by Crippen LogP contribution is -2.45. The molecule has 0 radical (unpaired) electrons. The van der Waals surface area contributed by atoms with Crippen molar-refractivity contribution in [1.82, 2.24) is 4.90 Å². The number of aliphatic carboxylic acids is 1. The molecule has 126 valence electrons.